The Balaban J connectivity index is 2.17. The fourth-order valence-corrected chi connectivity index (χ4v) is 2.79. The summed E-state index contributed by atoms with van der Waals surface area (Å²) in [7, 11) is -2.17. The Morgan fingerprint density at radius 1 is 1.47 bits per heavy atom. The van der Waals surface area contributed by atoms with Crippen molar-refractivity contribution in [3.8, 4) is 5.75 Å². The first kappa shape index (κ1) is 13.9. The highest BCUT2D eigenvalue weighted by Crippen LogP contribution is 2.26. The molecule has 19 heavy (non-hydrogen) atoms. The number of H-pyrrole nitrogens is 1. The first-order valence-corrected chi connectivity index (χ1v) is 7.20. The second-order valence-corrected chi connectivity index (χ2v) is 5.83. The third-order valence-corrected chi connectivity index (χ3v) is 4.11. The van der Waals surface area contributed by atoms with Gasteiger partial charge >= 0.3 is 0 Å². The molecule has 0 amide bonds. The van der Waals surface area contributed by atoms with Gasteiger partial charge in [-0.2, -0.15) is 0 Å². The van der Waals surface area contributed by atoms with E-state index in [0.29, 0.717) is 11.6 Å². The van der Waals surface area contributed by atoms with Gasteiger partial charge in [-0.15, -0.1) is 0 Å². The van der Waals surface area contributed by atoms with Crippen LogP contribution in [0.3, 0.4) is 0 Å². The molecule has 0 spiro atoms. The Kier molecular flexibility index (Phi) is 4.08. The van der Waals surface area contributed by atoms with Crippen LogP contribution in [0.4, 0.5) is 0 Å². The number of nitrogens with one attached hydrogen (secondary N) is 2. The summed E-state index contributed by atoms with van der Waals surface area (Å²) >= 11 is 5.90. The van der Waals surface area contributed by atoms with Crippen LogP contribution >= 0.6 is 11.6 Å². The Hall–Kier alpha value is -1.57. The summed E-state index contributed by atoms with van der Waals surface area (Å²) in [6, 6.07) is 4.27. The van der Waals surface area contributed by atoms with Crippen molar-refractivity contribution in [2.45, 2.75) is 11.4 Å². The Morgan fingerprint density at radius 2 is 2.26 bits per heavy atom. The first-order chi connectivity index (χ1) is 9.03. The maximum atomic E-state index is 12.0. The van der Waals surface area contributed by atoms with Gasteiger partial charge in [0, 0.05) is 12.4 Å². The van der Waals surface area contributed by atoms with Gasteiger partial charge in [0.05, 0.1) is 23.6 Å². The number of hydrogen-bond donors (Lipinski definition) is 2. The van der Waals surface area contributed by atoms with Crippen molar-refractivity contribution >= 4 is 21.6 Å². The fourth-order valence-electron chi connectivity index (χ4n) is 1.46. The standard InChI is InChI=1S/C11H12ClN3O3S/c1-18-10-3-2-8(6-9(10)12)19(16,17)15-7-11-13-4-5-14-11/h2-6,15H,7H2,1H3,(H,13,14). The number of ether oxygens (including phenoxy) is 1. The molecule has 0 aliphatic heterocycles. The first-order valence-electron chi connectivity index (χ1n) is 5.34. The number of benzene rings is 1. The minimum atomic E-state index is -3.63. The van der Waals surface area contributed by atoms with E-state index in [4.69, 9.17) is 16.3 Å². The van der Waals surface area contributed by atoms with Crippen LogP contribution in [0.25, 0.3) is 0 Å². The summed E-state index contributed by atoms with van der Waals surface area (Å²) in [5.74, 6) is 0.954. The van der Waals surface area contributed by atoms with Gasteiger partial charge in [-0.05, 0) is 18.2 Å². The molecule has 1 aromatic carbocycles. The molecule has 0 bridgehead atoms. The molecule has 0 saturated carbocycles. The van der Waals surface area contributed by atoms with Crippen LogP contribution in [0, 0.1) is 0 Å². The minimum absolute atomic E-state index is 0.0739. The lowest BCUT2D eigenvalue weighted by Gasteiger charge is -2.08. The highest BCUT2D eigenvalue weighted by Gasteiger charge is 2.16. The smallest absolute Gasteiger partial charge is 0.241 e. The number of halogens is 1. The average molecular weight is 302 g/mol. The molecule has 0 aliphatic carbocycles. The number of nitrogens with zero attached hydrogens (tertiary/aromatic N) is 1. The zero-order valence-corrected chi connectivity index (χ0v) is 11.6. The lowest BCUT2D eigenvalue weighted by atomic mass is 10.3. The fraction of sp³-hybridized carbons (Fsp3) is 0.182. The van der Waals surface area contributed by atoms with Gasteiger partial charge in [-0.3, -0.25) is 0 Å². The summed E-state index contributed by atoms with van der Waals surface area (Å²) < 4.78 is 31.4. The van der Waals surface area contributed by atoms with E-state index in [1.807, 2.05) is 0 Å². The average Bonchev–Trinajstić information content (AvgIpc) is 2.89. The molecule has 0 atom stereocenters. The summed E-state index contributed by atoms with van der Waals surface area (Å²) in [5.41, 5.74) is 0. The lowest BCUT2D eigenvalue weighted by Crippen LogP contribution is -2.23. The predicted molar refractivity (Wildman–Crippen MR) is 70.6 cm³/mol. The monoisotopic (exact) mass is 301 g/mol. The third kappa shape index (κ3) is 3.25. The van der Waals surface area contributed by atoms with Crippen molar-refractivity contribution in [1.29, 1.82) is 0 Å². The van der Waals surface area contributed by atoms with Crippen LogP contribution < -0.4 is 9.46 Å². The Bertz CT molecular complexity index is 656. The highest BCUT2D eigenvalue weighted by molar-refractivity contribution is 7.89. The lowest BCUT2D eigenvalue weighted by molar-refractivity contribution is 0.414. The zero-order chi connectivity index (χ0) is 13.9. The highest BCUT2D eigenvalue weighted by atomic mass is 35.5. The normalized spacial score (nSPS) is 11.5. The van der Waals surface area contributed by atoms with E-state index >= 15 is 0 Å². The molecular weight excluding hydrogens is 290 g/mol. The van der Waals surface area contributed by atoms with E-state index in [9.17, 15) is 8.42 Å². The van der Waals surface area contributed by atoms with E-state index in [1.54, 1.807) is 12.4 Å². The molecule has 6 nitrogen and oxygen atoms in total. The van der Waals surface area contributed by atoms with Gasteiger partial charge in [0.15, 0.2) is 0 Å². The molecule has 1 heterocycles. The van der Waals surface area contributed by atoms with Crippen molar-refractivity contribution in [2.75, 3.05) is 7.11 Å². The van der Waals surface area contributed by atoms with E-state index in [1.165, 1.54) is 25.3 Å². The van der Waals surface area contributed by atoms with Crippen LogP contribution in [0.1, 0.15) is 5.82 Å². The maximum Gasteiger partial charge on any atom is 0.241 e. The zero-order valence-electron chi connectivity index (χ0n) is 10.1. The molecule has 102 valence electrons. The second-order valence-electron chi connectivity index (χ2n) is 3.66. The SMILES string of the molecule is COc1ccc(S(=O)(=O)NCc2ncc[nH]2)cc1Cl. The molecule has 0 saturated heterocycles. The van der Waals surface area contributed by atoms with Crippen molar-refractivity contribution < 1.29 is 13.2 Å². The van der Waals surface area contributed by atoms with Crippen molar-refractivity contribution in [2.24, 2.45) is 0 Å². The topological polar surface area (TPSA) is 84.1 Å². The van der Waals surface area contributed by atoms with Gasteiger partial charge in [-0.1, -0.05) is 11.6 Å². The molecule has 0 unspecified atom stereocenters. The van der Waals surface area contributed by atoms with Gasteiger partial charge in [-0.25, -0.2) is 18.1 Å². The number of rotatable bonds is 5. The Labute approximate surface area is 115 Å². The number of sulfonamides is 1. The molecule has 2 N–H and O–H groups in total. The minimum Gasteiger partial charge on any atom is -0.495 e. The molecule has 8 heteroatoms. The van der Waals surface area contributed by atoms with E-state index in [0.717, 1.165) is 0 Å². The second kappa shape index (κ2) is 5.60. The maximum absolute atomic E-state index is 12.0. The van der Waals surface area contributed by atoms with E-state index < -0.39 is 10.0 Å². The summed E-state index contributed by atoms with van der Waals surface area (Å²) in [6.07, 6.45) is 3.17. The van der Waals surface area contributed by atoms with Crippen LogP contribution in [0.5, 0.6) is 5.75 Å². The van der Waals surface area contributed by atoms with Crippen LogP contribution in [0.15, 0.2) is 35.5 Å². The number of imidazole rings is 1. The van der Waals surface area contributed by atoms with E-state index in [2.05, 4.69) is 14.7 Å². The largest absolute Gasteiger partial charge is 0.495 e. The van der Waals surface area contributed by atoms with Gasteiger partial charge < -0.3 is 9.72 Å². The van der Waals surface area contributed by atoms with Gasteiger partial charge in [0.2, 0.25) is 10.0 Å². The molecule has 2 aromatic rings. The molecule has 0 radical (unpaired) electrons. The quantitative estimate of drug-likeness (QED) is 0.877. The molecule has 0 aliphatic rings. The number of methoxy groups -OCH3 is 1. The molecule has 2 rings (SSSR count). The summed E-state index contributed by atoms with van der Waals surface area (Å²) in [6.45, 7) is 0.0823. The number of aromatic nitrogens is 2. The van der Waals surface area contributed by atoms with Gasteiger partial charge in [0.25, 0.3) is 0 Å². The number of hydrogen-bond acceptors (Lipinski definition) is 4. The summed E-state index contributed by atoms with van der Waals surface area (Å²) in [4.78, 5) is 6.81. The van der Waals surface area contributed by atoms with Gasteiger partial charge in [0.1, 0.15) is 11.6 Å². The van der Waals surface area contributed by atoms with Crippen LogP contribution in [0.2, 0.25) is 5.02 Å². The van der Waals surface area contributed by atoms with Crippen LogP contribution in [-0.4, -0.2) is 25.5 Å². The molecule has 0 fully saturated rings. The predicted octanol–water partition coefficient (Wildman–Crippen LogP) is 1.55. The van der Waals surface area contributed by atoms with Crippen molar-refractivity contribution in [3.63, 3.8) is 0 Å². The van der Waals surface area contributed by atoms with Crippen molar-refractivity contribution in [3.05, 3.63) is 41.4 Å². The molecular formula is C11H12ClN3O3S. The Morgan fingerprint density at radius 3 is 2.84 bits per heavy atom. The van der Waals surface area contributed by atoms with E-state index in [-0.39, 0.29) is 16.5 Å². The van der Waals surface area contributed by atoms with Crippen molar-refractivity contribution in [1.82, 2.24) is 14.7 Å². The summed E-state index contributed by atoms with van der Waals surface area (Å²) in [5, 5.41) is 0.239. The van der Waals surface area contributed by atoms with Crippen LogP contribution in [-0.2, 0) is 16.6 Å². The third-order valence-electron chi connectivity index (χ3n) is 2.42. The molecule has 1 aromatic heterocycles. The number of aromatic amines is 1.